The Bertz CT molecular complexity index is 1630. The predicted molar refractivity (Wildman–Crippen MR) is 146 cm³/mol. The van der Waals surface area contributed by atoms with E-state index in [1.165, 1.54) is 10.9 Å². The average molecular weight is 646 g/mol. The van der Waals surface area contributed by atoms with Gasteiger partial charge >= 0.3 is 13.5 Å². The highest BCUT2D eigenvalue weighted by Gasteiger charge is 2.51. The quantitative estimate of drug-likeness (QED) is 0.110. The van der Waals surface area contributed by atoms with E-state index in [-0.39, 0.29) is 36.3 Å². The van der Waals surface area contributed by atoms with Gasteiger partial charge < -0.3 is 45.5 Å². The van der Waals surface area contributed by atoms with E-state index in [0.717, 1.165) is 10.9 Å². The normalized spacial score (nSPS) is 30.2. The number of nitrogens with one attached hydrogen (secondary N) is 1. The molecule has 0 bridgehead atoms. The number of aromatic nitrogens is 7. The number of nitrogen functional groups attached to an aromatic ring is 2. The van der Waals surface area contributed by atoms with Gasteiger partial charge in [-0.15, -0.1) is 0 Å². The number of nitrogens with two attached hydrogens (primary N) is 2. The van der Waals surface area contributed by atoms with Crippen LogP contribution in [-0.2, 0) is 32.6 Å². The Balaban J connectivity index is 1.32. The van der Waals surface area contributed by atoms with E-state index in [4.69, 9.17) is 39.5 Å². The van der Waals surface area contributed by atoms with Crippen LogP contribution in [0.15, 0.2) is 22.2 Å². The Hall–Kier alpha value is -3.37. The molecule has 22 heteroatoms. The van der Waals surface area contributed by atoms with E-state index >= 15 is 0 Å². The molecule has 44 heavy (non-hydrogen) atoms. The van der Waals surface area contributed by atoms with Crippen LogP contribution in [0.4, 0.5) is 11.9 Å². The van der Waals surface area contributed by atoms with Crippen molar-refractivity contribution in [2.45, 2.75) is 62.9 Å². The van der Waals surface area contributed by atoms with E-state index in [1.807, 2.05) is 0 Å². The summed E-state index contributed by atoms with van der Waals surface area (Å²) in [6.45, 7) is 2.20. The van der Waals surface area contributed by atoms with Crippen LogP contribution in [0.25, 0.3) is 11.2 Å². The molecule has 242 valence electrons. The lowest BCUT2D eigenvalue weighted by Gasteiger charge is -2.26. The molecule has 0 spiro atoms. The number of fused-ring (bicyclic) bond motifs is 1. The van der Waals surface area contributed by atoms with Gasteiger partial charge in [0.05, 0.1) is 19.5 Å². The monoisotopic (exact) mass is 645 g/mol. The molecule has 0 aromatic carbocycles. The van der Waals surface area contributed by atoms with Gasteiger partial charge in [0.2, 0.25) is 11.9 Å². The predicted octanol–water partition coefficient (Wildman–Crippen LogP) is -2.60. The number of aliphatic hydroxyl groups is 2. The smallest absolute Gasteiger partial charge is 0.394 e. The highest BCUT2D eigenvalue weighted by atomic mass is 31.2. The number of ether oxygens (including phenoxy) is 4. The summed E-state index contributed by atoms with van der Waals surface area (Å²) >= 11 is 0. The summed E-state index contributed by atoms with van der Waals surface area (Å²) in [5.41, 5.74) is 9.73. The second-order valence-electron chi connectivity index (χ2n) is 9.66. The Morgan fingerprint density at radius 2 is 1.66 bits per heavy atom. The van der Waals surface area contributed by atoms with Crippen LogP contribution < -0.4 is 22.7 Å². The molecule has 21 nitrogen and oxygen atoms in total. The number of hydrogen-bond donors (Lipinski definition) is 6. The number of imidazole rings is 1. The summed E-state index contributed by atoms with van der Waals surface area (Å²) in [6, 6.07) is 0. The summed E-state index contributed by atoms with van der Waals surface area (Å²) in [7, 11) is -4.97. The fourth-order valence-corrected chi connectivity index (χ4v) is 6.00. The molecule has 8 N–H and O–H groups in total. The van der Waals surface area contributed by atoms with E-state index in [2.05, 4.69) is 24.9 Å². The lowest BCUT2D eigenvalue weighted by molar-refractivity contribution is -0.0732. The van der Waals surface area contributed by atoms with Crippen molar-refractivity contribution in [3.63, 3.8) is 0 Å². The van der Waals surface area contributed by atoms with E-state index in [0.29, 0.717) is 0 Å². The third-order valence-corrected chi connectivity index (χ3v) is 7.88. The van der Waals surface area contributed by atoms with Gasteiger partial charge in [0.25, 0.3) is 5.56 Å². The molecule has 9 atom stereocenters. The first-order valence-electron chi connectivity index (χ1n) is 13.4. The largest absolute Gasteiger partial charge is 0.472 e. The lowest BCUT2D eigenvalue weighted by atomic mass is 10.1. The third kappa shape index (κ3) is 6.24. The number of aliphatic hydroxyl groups excluding tert-OH is 2. The van der Waals surface area contributed by atoms with Crippen molar-refractivity contribution in [2.75, 3.05) is 37.9 Å². The minimum atomic E-state index is -4.97. The number of phosphoric ester groups is 1. The fourth-order valence-electron chi connectivity index (χ4n) is 5.04. The zero-order chi connectivity index (χ0) is 31.8. The van der Waals surface area contributed by atoms with Crippen molar-refractivity contribution in [1.82, 2.24) is 34.1 Å². The molecule has 2 aliphatic rings. The Kier molecular flexibility index (Phi) is 9.41. The van der Waals surface area contributed by atoms with Crippen molar-refractivity contribution >= 4 is 30.9 Å². The van der Waals surface area contributed by atoms with Crippen molar-refractivity contribution in [3.8, 4) is 0 Å². The first kappa shape index (κ1) is 32.0. The number of hydrogen-bond acceptors (Lipinski definition) is 17. The average Bonchev–Trinajstić information content (AvgIpc) is 3.62. The van der Waals surface area contributed by atoms with Crippen molar-refractivity contribution in [1.29, 1.82) is 0 Å². The maximum atomic E-state index is 13.1. The number of phosphoric acid groups is 1. The minimum Gasteiger partial charge on any atom is -0.394 e. The fraction of sp³-hybridized carbons (Fsp3) is 0.636. The molecule has 0 saturated carbocycles. The molecule has 5 heterocycles. The molecular weight excluding hydrogens is 613 g/mol. The number of rotatable bonds is 12. The van der Waals surface area contributed by atoms with Crippen LogP contribution >= 0.6 is 7.82 Å². The molecule has 5 rings (SSSR count). The van der Waals surface area contributed by atoms with Gasteiger partial charge in [-0.3, -0.25) is 28.0 Å². The zero-order valence-corrected chi connectivity index (χ0v) is 24.3. The standard InChI is InChI=1S/C22H32N9O12P/c1-3-38-14-12(33)10(42-18(14)30-7-25-11-16(30)27-21(24)28-17(11)34)6-40-44(36,37)43-13-9(5-32)41-19(15(13)39-4-2)31-8-26-20(23)29-22(31)35/h7-10,12-15,18-19,32-33H,3-6H2,1-2H3,(H,36,37)(H2,23,29,35)(H3,24,27,28,34). The first-order chi connectivity index (χ1) is 21.0. The highest BCUT2D eigenvalue weighted by molar-refractivity contribution is 7.47. The second-order valence-corrected chi connectivity index (χ2v) is 11.1. The second kappa shape index (κ2) is 12.9. The summed E-state index contributed by atoms with van der Waals surface area (Å²) in [5, 5.41) is 20.9. The molecular formula is C22H32N9O12P. The lowest BCUT2D eigenvalue weighted by Crippen LogP contribution is -2.40. The Morgan fingerprint density at radius 1 is 1.00 bits per heavy atom. The van der Waals surface area contributed by atoms with Crippen LogP contribution in [0.2, 0.25) is 0 Å². The molecule has 2 fully saturated rings. The number of anilines is 2. The minimum absolute atomic E-state index is 0.0346. The first-order valence-corrected chi connectivity index (χ1v) is 14.9. The molecule has 0 aliphatic carbocycles. The molecule has 2 aliphatic heterocycles. The highest BCUT2D eigenvalue weighted by Crippen LogP contribution is 2.49. The molecule has 3 aromatic rings. The maximum absolute atomic E-state index is 13.1. The van der Waals surface area contributed by atoms with Gasteiger partial charge in [-0.05, 0) is 13.8 Å². The van der Waals surface area contributed by atoms with Crippen molar-refractivity contribution in [3.05, 3.63) is 33.5 Å². The van der Waals surface area contributed by atoms with Crippen LogP contribution in [0.3, 0.4) is 0 Å². The van der Waals surface area contributed by atoms with Crippen LogP contribution in [-0.4, -0.2) is 112 Å². The number of H-pyrrole nitrogens is 1. The van der Waals surface area contributed by atoms with Crippen LogP contribution in [0, 0.1) is 0 Å². The van der Waals surface area contributed by atoms with Crippen LogP contribution in [0.5, 0.6) is 0 Å². The van der Waals surface area contributed by atoms with E-state index < -0.39 is 81.4 Å². The molecule has 2 saturated heterocycles. The molecule has 0 amide bonds. The zero-order valence-electron chi connectivity index (χ0n) is 23.4. The maximum Gasteiger partial charge on any atom is 0.472 e. The summed E-state index contributed by atoms with van der Waals surface area (Å²) in [5.74, 6) is -0.454. The van der Waals surface area contributed by atoms with Gasteiger partial charge in [-0.25, -0.2) is 19.3 Å². The Morgan fingerprint density at radius 3 is 2.34 bits per heavy atom. The third-order valence-electron chi connectivity index (χ3n) is 6.90. The number of aromatic amines is 1. The topological polar surface area (TPSA) is 297 Å². The Labute approximate surface area is 247 Å². The molecule has 3 aromatic heterocycles. The van der Waals surface area contributed by atoms with Gasteiger partial charge in [0.1, 0.15) is 43.0 Å². The van der Waals surface area contributed by atoms with Gasteiger partial charge in [-0.1, -0.05) is 0 Å². The van der Waals surface area contributed by atoms with Gasteiger partial charge in [0.15, 0.2) is 23.6 Å². The number of nitrogens with zero attached hydrogens (tertiary/aromatic N) is 6. The van der Waals surface area contributed by atoms with Crippen molar-refractivity contribution < 1.29 is 47.7 Å². The van der Waals surface area contributed by atoms with Gasteiger partial charge in [-0.2, -0.15) is 9.97 Å². The summed E-state index contributed by atoms with van der Waals surface area (Å²) in [6.07, 6.45) is -7.49. The van der Waals surface area contributed by atoms with E-state index in [9.17, 15) is 29.3 Å². The van der Waals surface area contributed by atoms with E-state index in [1.54, 1.807) is 13.8 Å². The molecule has 9 unspecified atom stereocenters. The summed E-state index contributed by atoms with van der Waals surface area (Å²) < 4.78 is 49.0. The van der Waals surface area contributed by atoms with Gasteiger partial charge in [0, 0.05) is 13.2 Å². The van der Waals surface area contributed by atoms with Crippen LogP contribution in [0.1, 0.15) is 26.3 Å². The SMILES string of the molecule is CCOC1C(OP(=O)(O)OCC2OC(n3cnc4c(=O)[nH]c(N)nc43)C(OCC)C2O)C(CO)OC1n1cnc(N)nc1=O. The summed E-state index contributed by atoms with van der Waals surface area (Å²) in [4.78, 5) is 53.1. The molecule has 0 radical (unpaired) electrons. The van der Waals surface area contributed by atoms with Crippen molar-refractivity contribution in [2.24, 2.45) is 0 Å².